The van der Waals surface area contributed by atoms with Crippen LogP contribution in [0.15, 0.2) is 73.3 Å². The molecule has 0 unspecified atom stereocenters. The number of benzene rings is 2. The molecule has 4 rings (SSSR count). The fourth-order valence-electron chi connectivity index (χ4n) is 5.13. The van der Waals surface area contributed by atoms with Gasteiger partial charge in [0.1, 0.15) is 24.8 Å². The third-order valence-electron chi connectivity index (χ3n) is 7.22. The fraction of sp³-hybridized carbons (Fsp3) is 0.310. The molecule has 2 aromatic carbocycles. The van der Waals surface area contributed by atoms with Crippen LogP contribution in [0.4, 0.5) is 37.7 Å². The molecule has 0 atom stereocenters. The molecule has 0 radical (unpaired) electrons. The average molecular weight is 609 g/mol. The number of carbonyl (C=O) groups is 2. The number of halogens is 6. The van der Waals surface area contributed by atoms with Crippen LogP contribution >= 0.6 is 0 Å². The summed E-state index contributed by atoms with van der Waals surface area (Å²) in [6, 6.07) is 6.99. The molecule has 2 heterocycles. The highest BCUT2D eigenvalue weighted by Gasteiger charge is 2.72. The molecule has 0 saturated carbocycles. The second-order valence-electron chi connectivity index (χ2n) is 9.85. The van der Waals surface area contributed by atoms with Crippen LogP contribution in [-0.4, -0.2) is 33.3 Å². The molecule has 4 aromatic rings. The van der Waals surface area contributed by atoms with Crippen molar-refractivity contribution in [2.45, 2.75) is 44.7 Å². The fourth-order valence-corrected chi connectivity index (χ4v) is 5.13. The van der Waals surface area contributed by atoms with Gasteiger partial charge in [-0.3, -0.25) is 9.59 Å². The summed E-state index contributed by atoms with van der Waals surface area (Å²) in [5, 5.41) is 4.94. The molecule has 0 bridgehead atoms. The molecule has 0 saturated heterocycles. The smallest absolute Gasteiger partial charge is 0.315 e. The first-order valence-electron chi connectivity index (χ1n) is 13.2. The monoisotopic (exact) mass is 608 g/mol. The van der Waals surface area contributed by atoms with E-state index in [-0.39, 0.29) is 23.0 Å². The van der Waals surface area contributed by atoms with Gasteiger partial charge in [-0.15, -0.1) is 0 Å². The van der Waals surface area contributed by atoms with Crippen LogP contribution in [0.5, 0.6) is 0 Å². The van der Waals surface area contributed by atoms with E-state index in [9.17, 15) is 35.9 Å². The second kappa shape index (κ2) is 11.6. The van der Waals surface area contributed by atoms with Gasteiger partial charge in [0.05, 0.1) is 27.2 Å². The maximum atomic E-state index is 14.7. The number of rotatable bonds is 8. The Balaban J connectivity index is 1.74. The van der Waals surface area contributed by atoms with E-state index in [0.29, 0.717) is 31.3 Å². The number of aromatic nitrogens is 4. The summed E-state index contributed by atoms with van der Waals surface area (Å²) >= 11 is 0. The number of carbonyl (C=O) groups excluding carboxylic acids is 2. The van der Waals surface area contributed by atoms with Gasteiger partial charge in [0.15, 0.2) is 0 Å². The highest BCUT2D eigenvalue weighted by atomic mass is 19.4. The molecule has 8 nitrogen and oxygen atoms in total. The third kappa shape index (κ3) is 5.60. The van der Waals surface area contributed by atoms with Gasteiger partial charge >= 0.3 is 35.8 Å². The first kappa shape index (κ1) is 31.3. The van der Waals surface area contributed by atoms with Crippen LogP contribution in [0.1, 0.15) is 46.2 Å². The summed E-state index contributed by atoms with van der Waals surface area (Å²) < 4.78 is 94.7. The predicted octanol–water partition coefficient (Wildman–Crippen LogP) is 4.89. The Morgan fingerprint density at radius 1 is 0.698 bits per heavy atom. The highest BCUT2D eigenvalue weighted by Crippen LogP contribution is 2.56. The normalized spacial score (nSPS) is 12.3. The van der Waals surface area contributed by atoms with E-state index >= 15 is 0 Å². The number of nitrogens with zero attached hydrogens (tertiary/aromatic N) is 4. The molecule has 43 heavy (non-hydrogen) atoms. The average Bonchev–Trinajstić information content (AvgIpc) is 3.50. The van der Waals surface area contributed by atoms with Gasteiger partial charge in [0, 0.05) is 11.4 Å². The number of hydrogen-bond donors (Lipinski definition) is 2. The zero-order valence-corrected chi connectivity index (χ0v) is 23.7. The maximum absolute atomic E-state index is 14.7. The van der Waals surface area contributed by atoms with E-state index in [2.05, 4.69) is 10.6 Å². The number of imidazole rings is 2. The largest absolute Gasteiger partial charge is 0.411 e. The number of hydrogen-bond acceptors (Lipinski definition) is 2. The van der Waals surface area contributed by atoms with Gasteiger partial charge in [0.2, 0.25) is 5.41 Å². The van der Waals surface area contributed by atoms with E-state index in [4.69, 9.17) is 0 Å². The summed E-state index contributed by atoms with van der Waals surface area (Å²) in [7, 11) is 3.21. The Morgan fingerprint density at radius 3 is 1.60 bits per heavy atom. The summed E-state index contributed by atoms with van der Waals surface area (Å²) in [6.07, 6.45) is -5.15. The molecule has 14 heteroatoms. The zero-order valence-electron chi connectivity index (χ0n) is 23.7. The van der Waals surface area contributed by atoms with E-state index in [1.54, 1.807) is 54.9 Å². The standard InChI is InChI=1S/C29H28F6N6O2/c1-5-40-16-14-38(3)25(40)23(42)36-21-12-10-19(11-13-21)27(28(30,31)32,29(33,34)35)20-8-7-9-22(18-20)37-24(43)26-39(4)15-17-41(26)6-2/h7-18H,5-6H2,1-4H3/p+2. The van der Waals surface area contributed by atoms with Crippen LogP contribution in [-0.2, 0) is 32.6 Å². The van der Waals surface area contributed by atoms with Crippen LogP contribution in [0, 0.1) is 0 Å². The first-order chi connectivity index (χ1) is 20.1. The van der Waals surface area contributed by atoms with Crippen LogP contribution in [0.3, 0.4) is 0 Å². The quantitative estimate of drug-likeness (QED) is 0.221. The highest BCUT2D eigenvalue weighted by molar-refractivity contribution is 6.01. The Morgan fingerprint density at radius 2 is 1.16 bits per heavy atom. The van der Waals surface area contributed by atoms with Crippen molar-refractivity contribution in [2.24, 2.45) is 14.1 Å². The Hall–Kier alpha value is -4.62. The number of alkyl halides is 6. The Labute approximate surface area is 243 Å². The molecule has 0 spiro atoms. The van der Waals surface area contributed by atoms with E-state index < -0.39 is 40.7 Å². The number of nitrogens with one attached hydrogen (secondary N) is 2. The van der Waals surface area contributed by atoms with Gasteiger partial charge in [-0.2, -0.15) is 26.3 Å². The van der Waals surface area contributed by atoms with Crippen molar-refractivity contribution in [2.75, 3.05) is 10.6 Å². The lowest BCUT2D eigenvalue weighted by Gasteiger charge is -2.38. The van der Waals surface area contributed by atoms with Gasteiger partial charge in [-0.1, -0.05) is 24.3 Å². The maximum Gasteiger partial charge on any atom is 0.411 e. The second-order valence-corrected chi connectivity index (χ2v) is 9.85. The SMILES string of the molecule is CCn1cc[n+](C)c1C(=O)Nc1ccc(C(c2cccc(NC(=O)c3n(CC)cc[n+]3C)c2)(C(F)(F)F)C(F)(F)F)cc1. The van der Waals surface area contributed by atoms with Crippen molar-refractivity contribution in [1.82, 2.24) is 9.13 Å². The molecule has 228 valence electrons. The minimum Gasteiger partial charge on any atom is -0.315 e. The zero-order chi connectivity index (χ0) is 31.7. The van der Waals surface area contributed by atoms with Gasteiger partial charge in [-0.25, -0.2) is 18.3 Å². The minimum absolute atomic E-state index is 0.00339. The Bertz CT molecular complexity index is 1620. The van der Waals surface area contributed by atoms with Gasteiger partial charge in [0.25, 0.3) is 0 Å². The number of aryl methyl sites for hydroxylation is 4. The first-order valence-corrected chi connectivity index (χ1v) is 13.2. The molecule has 0 aliphatic rings. The molecular formula is C29H30F6N6O2+2. The molecule has 0 aliphatic carbocycles. The van der Waals surface area contributed by atoms with Crippen LogP contribution in [0.2, 0.25) is 0 Å². The lowest BCUT2D eigenvalue weighted by atomic mass is 9.72. The topological polar surface area (TPSA) is 75.8 Å². The number of amides is 2. The van der Waals surface area contributed by atoms with Crippen molar-refractivity contribution >= 4 is 23.2 Å². The summed E-state index contributed by atoms with van der Waals surface area (Å²) in [5.41, 5.74) is -6.93. The van der Waals surface area contributed by atoms with Crippen molar-refractivity contribution in [1.29, 1.82) is 0 Å². The molecule has 2 N–H and O–H groups in total. The summed E-state index contributed by atoms with van der Waals surface area (Å²) in [4.78, 5) is 25.8. The number of anilines is 2. The van der Waals surface area contributed by atoms with Crippen LogP contribution < -0.4 is 19.8 Å². The van der Waals surface area contributed by atoms with E-state index in [0.717, 1.165) is 24.3 Å². The van der Waals surface area contributed by atoms with Crippen molar-refractivity contribution in [3.63, 3.8) is 0 Å². The Kier molecular flexibility index (Phi) is 8.43. The summed E-state index contributed by atoms with van der Waals surface area (Å²) in [6.45, 7) is 4.46. The molecule has 2 aromatic heterocycles. The van der Waals surface area contributed by atoms with Crippen LogP contribution in [0.25, 0.3) is 0 Å². The van der Waals surface area contributed by atoms with Gasteiger partial charge in [-0.05, 0) is 49.2 Å². The summed E-state index contributed by atoms with van der Waals surface area (Å²) in [5.74, 6) is -0.904. The minimum atomic E-state index is -5.84. The lowest BCUT2D eigenvalue weighted by molar-refractivity contribution is -0.672. The molecule has 2 amide bonds. The molecular weight excluding hydrogens is 578 g/mol. The van der Waals surface area contributed by atoms with E-state index in [1.807, 2.05) is 6.92 Å². The molecule has 0 aliphatic heterocycles. The van der Waals surface area contributed by atoms with Crippen molar-refractivity contribution in [3.05, 3.63) is 96.1 Å². The molecule has 0 fully saturated rings. The third-order valence-corrected chi connectivity index (χ3v) is 7.22. The predicted molar refractivity (Wildman–Crippen MR) is 144 cm³/mol. The lowest BCUT2D eigenvalue weighted by Crippen LogP contribution is -2.54. The van der Waals surface area contributed by atoms with E-state index in [1.165, 1.54) is 15.2 Å². The van der Waals surface area contributed by atoms with Crippen molar-refractivity contribution < 1.29 is 45.1 Å². The van der Waals surface area contributed by atoms with Crippen molar-refractivity contribution in [3.8, 4) is 0 Å². The van der Waals surface area contributed by atoms with Gasteiger partial charge < -0.3 is 10.6 Å².